The van der Waals surface area contributed by atoms with Crippen molar-refractivity contribution in [1.29, 1.82) is 0 Å². The molecule has 13 fully saturated rings. The number of fused-ring (bicyclic) bond motifs is 6. The van der Waals surface area contributed by atoms with Crippen LogP contribution in [0.1, 0.15) is 194 Å². The van der Waals surface area contributed by atoms with Gasteiger partial charge in [-0.2, -0.15) is 19.8 Å². The Bertz CT molecular complexity index is 3000. The maximum atomic E-state index is 13.5. The number of quaternary nitrogens is 1. The van der Waals surface area contributed by atoms with Crippen LogP contribution < -0.4 is 79.3 Å². The average Bonchev–Trinajstić information content (AvgIpc) is 1.61. The van der Waals surface area contributed by atoms with E-state index in [0.29, 0.717) is 122 Å². The number of morpholine rings is 1. The summed E-state index contributed by atoms with van der Waals surface area (Å²) in [6.45, 7) is 35.6. The van der Waals surface area contributed by atoms with Crippen molar-refractivity contribution in [3.8, 4) is 0 Å². The molecule has 634 valence electrons. The fourth-order valence-electron chi connectivity index (χ4n) is 19.2. The van der Waals surface area contributed by atoms with Gasteiger partial charge in [-0.05, 0) is 174 Å². The number of unbranched alkanes of at least 4 members (excludes halogenated alkanes) is 2. The Labute approximate surface area is 677 Å². The van der Waals surface area contributed by atoms with Crippen molar-refractivity contribution in [2.45, 2.75) is 279 Å². The molecular formula is C74H138IN7NaO25Os+. The van der Waals surface area contributed by atoms with Crippen LogP contribution in [0, 0.1) is 87.3 Å². The number of nitrogens with zero attached hydrogens (tertiary/aromatic N) is 4. The Kier molecular flexibility index (Phi) is 41.7. The molecule has 35 heteroatoms. The zero-order valence-electron chi connectivity index (χ0n) is 67.8. The third-order valence-electron chi connectivity index (χ3n) is 26.2. The second-order valence-electron chi connectivity index (χ2n) is 34.1. The summed E-state index contributed by atoms with van der Waals surface area (Å²) in [4.78, 5) is 57.8. The van der Waals surface area contributed by atoms with Crippen LogP contribution in [0.3, 0.4) is 0 Å². The molecule has 9 aliphatic carbocycles. The molecule has 0 aromatic carbocycles. The van der Waals surface area contributed by atoms with Crippen molar-refractivity contribution in [2.24, 2.45) is 87.3 Å². The van der Waals surface area contributed by atoms with Gasteiger partial charge in [0.2, 0.25) is 17.7 Å². The molecule has 4 saturated heterocycles. The van der Waals surface area contributed by atoms with E-state index >= 15 is 0 Å². The summed E-state index contributed by atoms with van der Waals surface area (Å²) in [5.74, 6) is 3.47. The van der Waals surface area contributed by atoms with Crippen molar-refractivity contribution in [1.82, 2.24) is 31.1 Å². The molecule has 109 heavy (non-hydrogen) atoms. The zero-order chi connectivity index (χ0) is 80.8. The number of hydrogen-bond donors (Lipinski definition) is 12. The summed E-state index contributed by atoms with van der Waals surface area (Å²) >= 11 is -12.0. The molecule has 0 radical (unpaired) electrons. The van der Waals surface area contributed by atoms with E-state index in [1.54, 1.807) is 43.0 Å². The number of halogens is 1. The number of allylic oxidation sites excluding steroid dienone is 2. The molecule has 4 aliphatic heterocycles. The number of carbonyl (C=O) groups excluding carboxylic acids is 3. The minimum atomic E-state index is -6.06. The number of ether oxygens (including phenoxy) is 1. The number of nitrogens with one attached hydrogen (secondary N) is 3. The molecule has 13 rings (SSSR count). The van der Waals surface area contributed by atoms with Crippen molar-refractivity contribution < 1.29 is 182 Å². The van der Waals surface area contributed by atoms with Gasteiger partial charge >= 0.3 is 58.6 Å². The molecule has 0 spiro atoms. The Balaban J connectivity index is 0.000000376. The average molecular weight is 1870 g/mol. The summed E-state index contributed by atoms with van der Waals surface area (Å²) in [5, 5.41) is 104. The number of aliphatic hydroxyl groups excluding tert-OH is 8. The van der Waals surface area contributed by atoms with Crippen LogP contribution in [0.15, 0.2) is 12.2 Å². The second kappa shape index (κ2) is 44.6. The quantitative estimate of drug-likeness (QED) is 0.0126. The van der Waals surface area contributed by atoms with E-state index in [1.165, 1.54) is 19.3 Å². The molecule has 3 amide bonds. The van der Waals surface area contributed by atoms with Gasteiger partial charge in [-0.15, -0.1) is 0 Å². The molecule has 0 aromatic heterocycles. The summed E-state index contributed by atoms with van der Waals surface area (Å²) in [6.07, 6.45) is 11.5. The molecule has 14 N–H and O–H groups in total. The molecule has 13 aliphatic rings. The zero-order valence-corrected chi connectivity index (χ0v) is 74.5. The number of likely N-dealkylation sites (N-methyl/N-ethyl adjacent to an activating group) is 1. The molecule has 0 aromatic rings. The van der Waals surface area contributed by atoms with Gasteiger partial charge in [-0.1, -0.05) is 102 Å². The van der Waals surface area contributed by atoms with Crippen LogP contribution in [-0.4, -0.2) is 247 Å². The van der Waals surface area contributed by atoms with Crippen molar-refractivity contribution in [2.75, 3.05) is 72.8 Å². The predicted octanol–water partition coefficient (Wildman–Crippen LogP) is -6.30. The van der Waals surface area contributed by atoms with Crippen LogP contribution in [0.4, 0.5) is 0 Å². The first-order chi connectivity index (χ1) is 49.7. The minimum absolute atomic E-state index is 0. The first-order valence-electron chi connectivity index (χ1n) is 39.1. The maximum absolute atomic E-state index is 13.5. The van der Waals surface area contributed by atoms with Gasteiger partial charge < -0.3 is 67.0 Å². The van der Waals surface area contributed by atoms with Crippen LogP contribution in [-0.2, 0) is 62.6 Å². The van der Waals surface area contributed by atoms with E-state index < -0.39 is 120 Å². The third kappa shape index (κ3) is 27.7. The summed E-state index contributed by atoms with van der Waals surface area (Å²) in [6, 6.07) is -1.37. The van der Waals surface area contributed by atoms with Gasteiger partial charge in [0.1, 0.15) is 69.6 Å². The Morgan fingerprint density at radius 3 is 1.09 bits per heavy atom. The van der Waals surface area contributed by atoms with Gasteiger partial charge in [0.15, 0.2) is 0 Å². The van der Waals surface area contributed by atoms with Crippen molar-refractivity contribution >= 4 is 17.7 Å². The fourth-order valence-corrected chi connectivity index (χ4v) is 19.2. The van der Waals surface area contributed by atoms with E-state index in [0.717, 1.165) is 64.5 Å². The third-order valence-corrected chi connectivity index (χ3v) is 26.2. The standard InChI is InChI=1S/C24H44N2O6.C24H42N2O4.C21H38N2O4.C5H12NO2.IO4.Na.H2O.4O.Os/c1-6-18(29)19(30)8-7-9-26-22(21(14(3)28)20(12-27)32-26)23(31)25-17-11-15-10-16(13(17)2)24(15,4)5;1-6-7-8-9-10-11-26-22(21(16(3)28)20(14-27)30-26)23(29)25-19-13-17-12-18(15(19)2)24(17,4)5;1-6-7-8-23-19(18(13(3)25)17(11-24)27-23)20(26)22-16-10-14-9-15(12(16)2)21(14,4)5;1-6(7)2-4-8-5-3-6;2-1(3,4)5;;;;;;;/h13-22,27-30H,6-12H2,1-5H3,(H,25,31);7-8,15-22,27-28H,6,9-14H2,1-5H3,(H,25,29);12-19,24-25H,6-11H2,1-5H3,(H,22,26);7H,2-5H2,1H3;;;1H2;;;;;/q;;;+1;-1;+1;;;;;;/b;8-7-;;;;;;;;;;/t13-,14-,15+,16-,17-,18?,19?,20-,21+,22-;15-,16-,17+,18-,19-,20-,21+,22-;12-,13-,14+,15-,16-,17-,18+,19-;;;;;;;;;/m000........./s1. The first kappa shape index (κ1) is 102. The van der Waals surface area contributed by atoms with Gasteiger partial charge in [0.25, 0.3) is 0 Å². The first-order valence-corrected chi connectivity index (χ1v) is 46.8. The monoisotopic (exact) mass is 1870 g/mol. The van der Waals surface area contributed by atoms with Crippen molar-refractivity contribution in [3.05, 3.63) is 12.2 Å². The number of amides is 3. The number of hydrogen-bond acceptors (Lipinski definition) is 27. The summed E-state index contributed by atoms with van der Waals surface area (Å²) in [5.41, 5.74) is 1.09. The van der Waals surface area contributed by atoms with E-state index in [2.05, 4.69) is 104 Å². The molecule has 2 unspecified atom stereocenters. The molecule has 32 nitrogen and oxygen atoms in total. The molecule has 9 saturated carbocycles. The predicted molar refractivity (Wildman–Crippen MR) is 376 cm³/mol. The van der Waals surface area contributed by atoms with E-state index in [4.69, 9.17) is 47.1 Å². The Morgan fingerprint density at radius 2 is 0.853 bits per heavy atom. The second-order valence-corrected chi connectivity index (χ2v) is 38.8. The number of rotatable bonds is 26. The van der Waals surface area contributed by atoms with Gasteiger partial charge in [0, 0.05) is 55.5 Å². The molecule has 6 bridgehead atoms. The number of aliphatic hydroxyl groups is 8. The normalized spacial score (nSPS) is 35.7. The SMILES string of the molecule is CC/C=C\CCCN1O[C@@H](CO)[C@@H]([C@H](C)O)[C@H]1C(=O)N[C@H]1C[C@H]2C[C@@H]([C@@H]1C)C2(C)C.CCC(O)C(O)CCCN1O[C@@H](CO)[C@@H]([C@H](C)O)[C@H]1C(=O)N[C@H]1C[C@H]2C[C@@H]([C@@H]1C)C2(C)C.CCCCN1O[C@@H](CO)[C@@H]([C@H](C)O)[C@H]1C(=O)N[C@H]1C[C@H]2C[C@@H]([C@@H]1C)C2(C)C.C[N+]1(O)CCOCC1.O.[Na+].[O-][I+3]([O-])([O-])[O-].[O]=[Os](=[O])(=[O])=[O]. The Morgan fingerprint density at radius 1 is 0.550 bits per heavy atom. The van der Waals surface area contributed by atoms with Crippen LogP contribution >= 0.6 is 0 Å². The van der Waals surface area contributed by atoms with Crippen LogP contribution in [0.5, 0.6) is 0 Å². The fraction of sp³-hybridized carbons (Fsp3) is 0.932. The van der Waals surface area contributed by atoms with Gasteiger partial charge in [-0.25, -0.2) is 5.21 Å². The number of carbonyl (C=O) groups is 3. The summed E-state index contributed by atoms with van der Waals surface area (Å²) in [7, 11) is 1.79. The summed E-state index contributed by atoms with van der Waals surface area (Å²) < 4.78 is 74.2. The van der Waals surface area contributed by atoms with Crippen molar-refractivity contribution in [3.63, 3.8) is 0 Å². The molecule has 26 atom stereocenters. The van der Waals surface area contributed by atoms with E-state index in [1.807, 2.05) is 6.92 Å². The van der Waals surface area contributed by atoms with Gasteiger partial charge in [0.05, 0.1) is 70.6 Å². The van der Waals surface area contributed by atoms with Crippen LogP contribution in [0.25, 0.3) is 0 Å². The topological polar surface area (TPSA) is 508 Å². The van der Waals surface area contributed by atoms with Gasteiger partial charge in [-0.3, -0.25) is 42.6 Å². The molecular weight excluding hydrogens is 1730 g/mol. The molecule has 4 heterocycles. The van der Waals surface area contributed by atoms with E-state index in [9.17, 15) is 60.4 Å². The number of hydroxylamine groups is 9. The van der Waals surface area contributed by atoms with Crippen LogP contribution in [0.2, 0.25) is 0 Å². The van der Waals surface area contributed by atoms with E-state index in [-0.39, 0.29) is 95.3 Å². The Hall–Kier alpha value is -1.16.